The number of β-lactam (4-membered cyclic amide) rings is 1. The lowest BCUT2D eigenvalue weighted by Gasteiger charge is -2.48. The van der Waals surface area contributed by atoms with Crippen LogP contribution in [-0.2, 0) is 9.59 Å². The molecule has 1 N–H and O–H groups in total. The SMILES string of the molecule is C[C@@H](C(=O)O)N1C(=O)[C@@H](Oc2ccccc2)[C@H]1c1ccc(-c2cccs2)cc1. The van der Waals surface area contributed by atoms with Crippen molar-refractivity contribution in [1.82, 2.24) is 4.90 Å². The summed E-state index contributed by atoms with van der Waals surface area (Å²) in [5.41, 5.74) is 1.94. The molecule has 6 heteroatoms. The van der Waals surface area contributed by atoms with Crippen LogP contribution in [0.4, 0.5) is 0 Å². The second-order valence-electron chi connectivity index (χ2n) is 6.66. The molecule has 0 unspecified atom stereocenters. The topological polar surface area (TPSA) is 66.8 Å². The standard InChI is InChI=1S/C22H19NO4S/c1-14(22(25)26)23-19(20(21(23)24)27-17-6-3-2-4-7-17)16-11-9-15(10-12-16)18-8-5-13-28-18/h2-14,19-20H,1H3,(H,25,26)/t14-,19+,20-/m0/s1. The van der Waals surface area contributed by atoms with E-state index in [1.807, 2.05) is 60.0 Å². The number of likely N-dealkylation sites (tertiary alicyclic amines) is 1. The molecule has 28 heavy (non-hydrogen) atoms. The molecular weight excluding hydrogens is 374 g/mol. The molecule has 1 saturated heterocycles. The number of nitrogens with zero attached hydrogens (tertiary/aromatic N) is 1. The van der Waals surface area contributed by atoms with Crippen LogP contribution < -0.4 is 4.74 Å². The van der Waals surface area contributed by atoms with E-state index in [0.717, 1.165) is 16.0 Å². The van der Waals surface area contributed by atoms with E-state index in [-0.39, 0.29) is 5.91 Å². The molecule has 142 valence electrons. The smallest absolute Gasteiger partial charge is 0.326 e. The fourth-order valence-corrected chi connectivity index (χ4v) is 4.15. The minimum Gasteiger partial charge on any atom is -0.480 e. The molecule has 0 saturated carbocycles. The first-order valence-electron chi connectivity index (χ1n) is 8.97. The van der Waals surface area contributed by atoms with Crippen molar-refractivity contribution in [3.63, 3.8) is 0 Å². The lowest BCUT2D eigenvalue weighted by atomic mass is 9.88. The molecule has 1 amide bonds. The molecule has 0 bridgehead atoms. The first-order chi connectivity index (χ1) is 13.6. The third-order valence-corrected chi connectivity index (χ3v) is 5.84. The van der Waals surface area contributed by atoms with Crippen molar-refractivity contribution in [2.75, 3.05) is 0 Å². The first-order valence-corrected chi connectivity index (χ1v) is 9.85. The van der Waals surface area contributed by atoms with Gasteiger partial charge in [0.25, 0.3) is 5.91 Å². The summed E-state index contributed by atoms with van der Waals surface area (Å²) in [6.07, 6.45) is -0.739. The quantitative estimate of drug-likeness (QED) is 0.637. The molecule has 1 aliphatic rings. The minimum atomic E-state index is -1.04. The van der Waals surface area contributed by atoms with Crippen molar-refractivity contribution in [3.8, 4) is 16.2 Å². The number of aliphatic carboxylic acids is 1. The maximum atomic E-state index is 12.7. The number of carbonyl (C=O) groups excluding carboxylic acids is 1. The number of hydrogen-bond acceptors (Lipinski definition) is 4. The summed E-state index contributed by atoms with van der Waals surface area (Å²) in [6.45, 7) is 1.52. The highest BCUT2D eigenvalue weighted by Crippen LogP contribution is 2.40. The van der Waals surface area contributed by atoms with E-state index in [9.17, 15) is 14.7 Å². The average molecular weight is 393 g/mol. The number of rotatable bonds is 6. The summed E-state index contributed by atoms with van der Waals surface area (Å²) in [6, 6.07) is 19.6. The third-order valence-electron chi connectivity index (χ3n) is 4.92. The van der Waals surface area contributed by atoms with Gasteiger partial charge in [-0.15, -0.1) is 11.3 Å². The highest BCUT2D eigenvalue weighted by atomic mass is 32.1. The Bertz CT molecular complexity index is 970. The highest BCUT2D eigenvalue weighted by Gasteiger charge is 2.53. The largest absolute Gasteiger partial charge is 0.480 e. The number of carbonyl (C=O) groups is 2. The van der Waals surface area contributed by atoms with Gasteiger partial charge >= 0.3 is 5.97 Å². The number of para-hydroxylation sites is 1. The van der Waals surface area contributed by atoms with Crippen molar-refractivity contribution in [2.24, 2.45) is 0 Å². The number of amides is 1. The van der Waals surface area contributed by atoms with Gasteiger partial charge in [0.05, 0.1) is 0 Å². The maximum Gasteiger partial charge on any atom is 0.326 e. The fourth-order valence-electron chi connectivity index (χ4n) is 3.42. The van der Waals surface area contributed by atoms with Crippen LogP contribution in [-0.4, -0.2) is 34.0 Å². The molecule has 5 nitrogen and oxygen atoms in total. The van der Waals surface area contributed by atoms with Crippen LogP contribution in [0.2, 0.25) is 0 Å². The van der Waals surface area contributed by atoms with Crippen LogP contribution in [0, 0.1) is 0 Å². The number of thiophene rings is 1. The van der Waals surface area contributed by atoms with Gasteiger partial charge in [-0.05, 0) is 41.6 Å². The predicted octanol–water partition coefficient (Wildman–Crippen LogP) is 4.22. The van der Waals surface area contributed by atoms with E-state index in [4.69, 9.17) is 4.74 Å². The molecule has 3 aromatic rings. The number of hydrogen-bond donors (Lipinski definition) is 1. The zero-order valence-electron chi connectivity index (χ0n) is 15.2. The van der Waals surface area contributed by atoms with Crippen LogP contribution in [0.5, 0.6) is 5.75 Å². The van der Waals surface area contributed by atoms with E-state index < -0.39 is 24.2 Å². The van der Waals surface area contributed by atoms with Gasteiger partial charge in [0.2, 0.25) is 6.10 Å². The van der Waals surface area contributed by atoms with Crippen molar-refractivity contribution in [2.45, 2.75) is 25.1 Å². The Morgan fingerprint density at radius 2 is 1.79 bits per heavy atom. The first kappa shape index (κ1) is 18.3. The van der Waals surface area contributed by atoms with Crippen LogP contribution in [0.25, 0.3) is 10.4 Å². The molecule has 1 fully saturated rings. The molecule has 0 radical (unpaired) electrons. The van der Waals surface area contributed by atoms with Gasteiger partial charge in [0.1, 0.15) is 17.8 Å². The van der Waals surface area contributed by atoms with Gasteiger partial charge in [-0.1, -0.05) is 48.5 Å². The van der Waals surface area contributed by atoms with E-state index in [1.165, 1.54) is 11.8 Å². The average Bonchev–Trinajstić information content (AvgIpc) is 3.25. The predicted molar refractivity (Wildman–Crippen MR) is 107 cm³/mol. The zero-order valence-corrected chi connectivity index (χ0v) is 16.0. The van der Waals surface area contributed by atoms with Crippen molar-refractivity contribution in [3.05, 3.63) is 77.7 Å². The number of ether oxygens (including phenoxy) is 1. The summed E-state index contributed by atoms with van der Waals surface area (Å²) in [7, 11) is 0. The van der Waals surface area contributed by atoms with Gasteiger partial charge in [0.15, 0.2) is 0 Å². The molecule has 1 aromatic heterocycles. The van der Waals surface area contributed by atoms with Crippen molar-refractivity contribution in [1.29, 1.82) is 0 Å². The van der Waals surface area contributed by atoms with E-state index in [2.05, 4.69) is 0 Å². The molecule has 0 aliphatic carbocycles. The van der Waals surface area contributed by atoms with E-state index >= 15 is 0 Å². The van der Waals surface area contributed by atoms with Crippen LogP contribution in [0.1, 0.15) is 18.5 Å². The van der Waals surface area contributed by atoms with Gasteiger partial charge < -0.3 is 14.7 Å². The van der Waals surface area contributed by atoms with Gasteiger partial charge in [-0.25, -0.2) is 4.79 Å². The maximum absolute atomic E-state index is 12.7. The van der Waals surface area contributed by atoms with Crippen molar-refractivity contribution < 1.29 is 19.4 Å². The Morgan fingerprint density at radius 1 is 1.07 bits per heavy atom. The second-order valence-corrected chi connectivity index (χ2v) is 7.60. The normalized spacial score (nSPS) is 19.8. The third kappa shape index (κ3) is 3.27. The van der Waals surface area contributed by atoms with Gasteiger partial charge in [-0.2, -0.15) is 0 Å². The molecule has 1 aliphatic heterocycles. The van der Waals surface area contributed by atoms with Crippen LogP contribution in [0.3, 0.4) is 0 Å². The Morgan fingerprint density at radius 3 is 2.39 bits per heavy atom. The zero-order chi connectivity index (χ0) is 19.7. The fraction of sp³-hybridized carbons (Fsp3) is 0.182. The number of benzene rings is 2. The summed E-state index contributed by atoms with van der Waals surface area (Å²) in [5, 5.41) is 11.4. The molecule has 0 spiro atoms. The van der Waals surface area contributed by atoms with E-state index in [0.29, 0.717) is 5.75 Å². The highest BCUT2D eigenvalue weighted by molar-refractivity contribution is 7.13. The number of carboxylic acid groups (broad SMARTS) is 1. The Kier molecular flexibility index (Phi) is 4.88. The number of carboxylic acids is 1. The summed E-state index contributed by atoms with van der Waals surface area (Å²) < 4.78 is 5.91. The molecule has 4 rings (SSSR count). The molecule has 2 heterocycles. The Balaban J connectivity index is 1.64. The molecule has 3 atom stereocenters. The van der Waals surface area contributed by atoms with Crippen LogP contribution in [0.15, 0.2) is 72.1 Å². The molecular formula is C22H19NO4S. The Hall–Kier alpha value is -3.12. The van der Waals surface area contributed by atoms with Gasteiger partial charge in [0, 0.05) is 4.88 Å². The second kappa shape index (κ2) is 7.48. The monoisotopic (exact) mass is 393 g/mol. The Labute approximate surface area is 166 Å². The van der Waals surface area contributed by atoms with Gasteiger partial charge in [-0.3, -0.25) is 4.79 Å². The van der Waals surface area contributed by atoms with Crippen molar-refractivity contribution >= 4 is 23.2 Å². The summed E-state index contributed by atoms with van der Waals surface area (Å²) in [4.78, 5) is 26.7. The lowest BCUT2D eigenvalue weighted by molar-refractivity contribution is -0.175. The summed E-state index contributed by atoms with van der Waals surface area (Å²) in [5.74, 6) is -0.763. The summed E-state index contributed by atoms with van der Waals surface area (Å²) >= 11 is 1.66. The van der Waals surface area contributed by atoms with E-state index in [1.54, 1.807) is 23.5 Å². The minimum absolute atomic E-state index is 0.314. The van der Waals surface area contributed by atoms with Crippen LogP contribution >= 0.6 is 11.3 Å². The lowest BCUT2D eigenvalue weighted by Crippen LogP contribution is -2.65. The molecule has 2 aromatic carbocycles.